The Bertz CT molecular complexity index is 1110. The van der Waals surface area contributed by atoms with E-state index >= 15 is 0 Å². The van der Waals surface area contributed by atoms with Gasteiger partial charge in [-0.1, -0.05) is 29.4 Å². The van der Waals surface area contributed by atoms with E-state index in [0.717, 1.165) is 11.1 Å². The van der Waals surface area contributed by atoms with E-state index in [2.05, 4.69) is 20.7 Å². The average Bonchev–Trinajstić information content (AvgIpc) is 3.28. The Morgan fingerprint density at radius 3 is 2.75 bits per heavy atom. The quantitative estimate of drug-likeness (QED) is 0.686. The van der Waals surface area contributed by atoms with Crippen LogP contribution in [0.3, 0.4) is 0 Å². The van der Waals surface area contributed by atoms with E-state index in [1.165, 1.54) is 6.07 Å². The summed E-state index contributed by atoms with van der Waals surface area (Å²) < 4.78 is 42.1. The number of hydrogen-bond donors (Lipinski definition) is 0. The zero-order chi connectivity index (χ0) is 19.9. The minimum absolute atomic E-state index is 0.233. The van der Waals surface area contributed by atoms with Crippen molar-refractivity contribution in [2.24, 2.45) is 0 Å². The fraction of sp³-hybridized carbons (Fsp3) is 0.158. The van der Waals surface area contributed by atoms with E-state index in [4.69, 9.17) is 5.26 Å². The Morgan fingerprint density at radius 2 is 2.04 bits per heavy atom. The molecule has 2 aromatic carbocycles. The molecule has 0 unspecified atom stereocenters. The molecule has 0 fully saturated rings. The van der Waals surface area contributed by atoms with Crippen molar-refractivity contribution in [3.05, 3.63) is 70.6 Å². The highest BCUT2D eigenvalue weighted by Gasteiger charge is 2.38. The maximum Gasteiger partial charge on any atom is 0.471 e. The Morgan fingerprint density at radius 1 is 1.21 bits per heavy atom. The summed E-state index contributed by atoms with van der Waals surface area (Å²) in [7, 11) is 0. The monoisotopic (exact) mass is 384 g/mol. The van der Waals surface area contributed by atoms with Gasteiger partial charge in [-0.2, -0.15) is 23.4 Å². The largest absolute Gasteiger partial charge is 0.471 e. The maximum absolute atomic E-state index is 12.7. The molecular formula is C19H11F3N4O2. The van der Waals surface area contributed by atoms with Gasteiger partial charge in [0.2, 0.25) is 5.82 Å². The molecule has 0 aliphatic carbocycles. The molecule has 9 heteroatoms. The van der Waals surface area contributed by atoms with Crippen LogP contribution >= 0.6 is 0 Å². The zero-order valence-corrected chi connectivity index (χ0v) is 14.2. The molecule has 1 aromatic heterocycles. The predicted molar refractivity (Wildman–Crippen MR) is 89.5 cm³/mol. The molecule has 0 radical (unpaired) electrons. The van der Waals surface area contributed by atoms with Gasteiger partial charge in [0.25, 0.3) is 5.91 Å². The lowest BCUT2D eigenvalue weighted by Crippen LogP contribution is -2.23. The molecule has 2 heterocycles. The van der Waals surface area contributed by atoms with Crippen LogP contribution in [-0.4, -0.2) is 20.9 Å². The van der Waals surface area contributed by atoms with Crippen molar-refractivity contribution in [3.8, 4) is 17.5 Å². The molecule has 4 rings (SSSR count). The third-order valence-corrected chi connectivity index (χ3v) is 4.34. The second kappa shape index (κ2) is 6.49. The third-order valence-electron chi connectivity index (χ3n) is 4.34. The highest BCUT2D eigenvalue weighted by Crippen LogP contribution is 2.31. The van der Waals surface area contributed by atoms with Crippen LogP contribution in [0.4, 0.5) is 13.2 Å². The molecule has 1 amide bonds. The molecule has 1 aliphatic heterocycles. The van der Waals surface area contributed by atoms with Gasteiger partial charge in [0.05, 0.1) is 11.6 Å². The summed E-state index contributed by atoms with van der Waals surface area (Å²) in [6.07, 6.45) is -4.73. The number of fused-ring (bicyclic) bond motifs is 1. The fourth-order valence-electron chi connectivity index (χ4n) is 3.04. The summed E-state index contributed by atoms with van der Waals surface area (Å²) in [5, 5.41) is 12.3. The molecule has 0 saturated heterocycles. The van der Waals surface area contributed by atoms with Gasteiger partial charge in [0.1, 0.15) is 0 Å². The summed E-state index contributed by atoms with van der Waals surface area (Å²) in [5.41, 5.74) is 2.71. The van der Waals surface area contributed by atoms with Gasteiger partial charge in [-0.25, -0.2) is 0 Å². The lowest BCUT2D eigenvalue weighted by molar-refractivity contribution is -0.159. The number of carbonyl (C=O) groups is 1. The van der Waals surface area contributed by atoms with Gasteiger partial charge in [-0.15, -0.1) is 0 Å². The number of rotatable bonds is 3. The van der Waals surface area contributed by atoms with Gasteiger partial charge < -0.3 is 9.42 Å². The Hall–Kier alpha value is -3.67. The highest BCUT2D eigenvalue weighted by molar-refractivity contribution is 5.99. The number of benzene rings is 2. The first kappa shape index (κ1) is 17.7. The summed E-state index contributed by atoms with van der Waals surface area (Å²) in [4.78, 5) is 17.7. The van der Waals surface area contributed by atoms with Crippen molar-refractivity contribution in [3.63, 3.8) is 0 Å². The lowest BCUT2D eigenvalue weighted by atomic mass is 10.1. The minimum Gasteiger partial charge on any atom is -0.330 e. The van der Waals surface area contributed by atoms with E-state index in [1.54, 1.807) is 35.2 Å². The van der Waals surface area contributed by atoms with E-state index in [1.807, 2.05) is 6.07 Å². The predicted octanol–water partition coefficient (Wildman–Crippen LogP) is 3.78. The van der Waals surface area contributed by atoms with Crippen LogP contribution in [0.1, 0.15) is 32.9 Å². The topological polar surface area (TPSA) is 83.0 Å². The van der Waals surface area contributed by atoms with Crippen LogP contribution < -0.4 is 0 Å². The van der Waals surface area contributed by atoms with Crippen LogP contribution in [0.2, 0.25) is 0 Å². The molecule has 1 aliphatic rings. The number of carbonyl (C=O) groups excluding carboxylic acids is 1. The molecule has 140 valence electrons. The van der Waals surface area contributed by atoms with E-state index in [9.17, 15) is 18.0 Å². The number of hydrogen-bond acceptors (Lipinski definition) is 5. The lowest BCUT2D eigenvalue weighted by Gasteiger charge is -2.15. The Labute approximate surface area is 156 Å². The first-order valence-electron chi connectivity index (χ1n) is 8.17. The molecule has 28 heavy (non-hydrogen) atoms. The van der Waals surface area contributed by atoms with E-state index < -0.39 is 12.1 Å². The van der Waals surface area contributed by atoms with E-state index in [0.29, 0.717) is 24.2 Å². The van der Waals surface area contributed by atoms with Crippen molar-refractivity contribution in [2.75, 3.05) is 0 Å². The molecule has 0 atom stereocenters. The van der Waals surface area contributed by atoms with Crippen molar-refractivity contribution >= 4 is 5.91 Å². The number of alkyl halides is 3. The molecule has 0 spiro atoms. The Kier molecular flexibility index (Phi) is 4.11. The normalized spacial score (nSPS) is 13.5. The number of aromatic nitrogens is 2. The van der Waals surface area contributed by atoms with Crippen molar-refractivity contribution in [1.29, 1.82) is 5.26 Å². The van der Waals surface area contributed by atoms with Crippen LogP contribution in [-0.2, 0) is 19.3 Å². The summed E-state index contributed by atoms with van der Waals surface area (Å²) in [5.74, 6) is -1.92. The van der Waals surface area contributed by atoms with Crippen LogP contribution in [0.5, 0.6) is 0 Å². The number of nitriles is 1. The molecule has 6 nitrogen and oxygen atoms in total. The number of nitrogens with zero attached hydrogens (tertiary/aromatic N) is 4. The minimum atomic E-state index is -4.73. The summed E-state index contributed by atoms with van der Waals surface area (Å²) in [6, 6.07) is 13.7. The fourth-order valence-corrected chi connectivity index (χ4v) is 3.04. The molecule has 0 bridgehead atoms. The second-order valence-corrected chi connectivity index (χ2v) is 6.27. The average molecular weight is 384 g/mol. The second-order valence-electron chi connectivity index (χ2n) is 6.27. The Balaban J connectivity index is 1.58. The number of amides is 1. The van der Waals surface area contributed by atoms with Gasteiger partial charge in [0.15, 0.2) is 0 Å². The first-order chi connectivity index (χ1) is 13.3. The van der Waals surface area contributed by atoms with Crippen LogP contribution in [0.15, 0.2) is 47.0 Å². The maximum atomic E-state index is 12.7. The molecule has 3 aromatic rings. The van der Waals surface area contributed by atoms with Crippen molar-refractivity contribution in [1.82, 2.24) is 15.0 Å². The molecule has 0 saturated carbocycles. The zero-order valence-electron chi connectivity index (χ0n) is 14.2. The standard InChI is InChI=1S/C19H11F3N4O2/c20-19(21,22)18-24-16(25-28-18)13-4-5-14-10-26(17(27)15(14)7-13)9-12-3-1-2-11(6-12)8-23/h1-7H,9-10H2. The van der Waals surface area contributed by atoms with E-state index in [-0.39, 0.29) is 17.3 Å². The smallest absolute Gasteiger partial charge is 0.330 e. The van der Waals surface area contributed by atoms with Gasteiger partial charge in [0, 0.05) is 24.2 Å². The van der Waals surface area contributed by atoms with Gasteiger partial charge in [-0.05, 0) is 29.3 Å². The summed E-state index contributed by atoms with van der Waals surface area (Å²) in [6.45, 7) is 0.685. The molecular weight excluding hydrogens is 373 g/mol. The van der Waals surface area contributed by atoms with Crippen molar-refractivity contribution in [2.45, 2.75) is 19.3 Å². The van der Waals surface area contributed by atoms with Gasteiger partial charge in [-0.3, -0.25) is 4.79 Å². The SMILES string of the molecule is N#Cc1cccc(CN2Cc3ccc(-c4noc(C(F)(F)F)n4)cc3C2=O)c1. The summed E-state index contributed by atoms with van der Waals surface area (Å²) >= 11 is 0. The number of halogens is 3. The third kappa shape index (κ3) is 3.20. The highest BCUT2D eigenvalue weighted by atomic mass is 19.4. The van der Waals surface area contributed by atoms with Crippen LogP contribution in [0, 0.1) is 11.3 Å². The van der Waals surface area contributed by atoms with Gasteiger partial charge >= 0.3 is 12.1 Å². The van der Waals surface area contributed by atoms with Crippen LogP contribution in [0.25, 0.3) is 11.4 Å². The molecule has 0 N–H and O–H groups in total. The first-order valence-corrected chi connectivity index (χ1v) is 8.17. The van der Waals surface area contributed by atoms with Crippen molar-refractivity contribution < 1.29 is 22.5 Å².